The smallest absolute Gasteiger partial charge is 0.321 e. The first-order chi connectivity index (χ1) is 14.5. The average Bonchev–Trinajstić information content (AvgIpc) is 2.99. The monoisotopic (exact) mass is 426 g/mol. The summed E-state index contributed by atoms with van der Waals surface area (Å²) in [4.78, 5) is 14.5. The van der Waals surface area contributed by atoms with Gasteiger partial charge in [0.05, 0.1) is 4.90 Å². The van der Waals surface area contributed by atoms with Gasteiger partial charge in [-0.15, -0.1) is 0 Å². The number of aromatic nitrogens is 1. The van der Waals surface area contributed by atoms with Crippen molar-refractivity contribution in [3.8, 4) is 0 Å². The zero-order valence-electron chi connectivity index (χ0n) is 17.0. The van der Waals surface area contributed by atoms with Crippen LogP contribution in [-0.2, 0) is 16.6 Å². The number of urea groups is 1. The van der Waals surface area contributed by atoms with Crippen molar-refractivity contribution in [3.63, 3.8) is 0 Å². The number of carbonyl (C=O) groups excluding carboxylic acids is 1. The number of anilines is 1. The van der Waals surface area contributed by atoms with E-state index < -0.39 is 10.0 Å². The van der Waals surface area contributed by atoms with E-state index in [9.17, 15) is 13.2 Å². The molecule has 1 saturated heterocycles. The molecule has 2 heterocycles. The van der Waals surface area contributed by atoms with Gasteiger partial charge in [-0.1, -0.05) is 18.2 Å². The van der Waals surface area contributed by atoms with Crippen LogP contribution in [0.25, 0.3) is 10.9 Å². The van der Waals surface area contributed by atoms with E-state index in [0.29, 0.717) is 31.0 Å². The molecule has 1 N–H and O–H groups in total. The molecule has 30 heavy (non-hydrogen) atoms. The molecule has 7 nitrogen and oxygen atoms in total. The fraction of sp³-hybridized carbons (Fsp3) is 0.318. The Hall–Kier alpha value is -2.84. The number of nitrogens with zero attached hydrogens (tertiary/aromatic N) is 3. The molecule has 0 unspecified atom stereocenters. The van der Waals surface area contributed by atoms with Gasteiger partial charge in [0.1, 0.15) is 0 Å². The van der Waals surface area contributed by atoms with E-state index >= 15 is 0 Å². The SMILES string of the molecule is CCn1ccc2cc(S(=O)(=O)N3CCCN(C(=O)Nc4ccccc4)CC3)ccc21. The lowest BCUT2D eigenvalue weighted by Crippen LogP contribution is -2.39. The molecular formula is C22H26N4O3S. The summed E-state index contributed by atoms with van der Waals surface area (Å²) in [7, 11) is -3.62. The van der Waals surface area contributed by atoms with E-state index in [1.54, 1.807) is 17.0 Å². The molecule has 1 aliphatic rings. The fourth-order valence-corrected chi connectivity index (χ4v) is 5.33. The molecule has 0 saturated carbocycles. The second-order valence-corrected chi connectivity index (χ2v) is 9.30. The number of nitrogens with one attached hydrogen (secondary N) is 1. The molecule has 2 amide bonds. The highest BCUT2D eigenvalue weighted by atomic mass is 32.2. The molecule has 1 aliphatic heterocycles. The van der Waals surface area contributed by atoms with Crippen LogP contribution in [0.1, 0.15) is 13.3 Å². The van der Waals surface area contributed by atoms with Crippen molar-refractivity contribution in [2.75, 3.05) is 31.5 Å². The van der Waals surface area contributed by atoms with Crippen LogP contribution in [0, 0.1) is 0 Å². The molecule has 1 fully saturated rings. The molecule has 1 aromatic heterocycles. The number of hydrogen-bond acceptors (Lipinski definition) is 3. The third-order valence-electron chi connectivity index (χ3n) is 5.49. The lowest BCUT2D eigenvalue weighted by atomic mass is 10.2. The van der Waals surface area contributed by atoms with Crippen LogP contribution in [0.2, 0.25) is 0 Å². The summed E-state index contributed by atoms with van der Waals surface area (Å²) in [5.74, 6) is 0. The van der Waals surface area contributed by atoms with Gasteiger partial charge in [-0.05, 0) is 49.7 Å². The van der Waals surface area contributed by atoms with E-state index in [1.165, 1.54) is 4.31 Å². The lowest BCUT2D eigenvalue weighted by molar-refractivity contribution is 0.214. The van der Waals surface area contributed by atoms with Crippen molar-refractivity contribution >= 4 is 32.6 Å². The number of rotatable bonds is 4. The van der Waals surface area contributed by atoms with E-state index in [-0.39, 0.29) is 12.6 Å². The zero-order valence-corrected chi connectivity index (χ0v) is 17.8. The predicted molar refractivity (Wildman–Crippen MR) is 118 cm³/mol. The predicted octanol–water partition coefficient (Wildman–Crippen LogP) is 3.59. The van der Waals surface area contributed by atoms with Crippen LogP contribution in [-0.4, -0.2) is 54.4 Å². The van der Waals surface area contributed by atoms with Gasteiger partial charge in [-0.3, -0.25) is 0 Å². The van der Waals surface area contributed by atoms with Crippen LogP contribution in [0.15, 0.2) is 65.7 Å². The normalized spacial score (nSPS) is 15.8. The summed E-state index contributed by atoms with van der Waals surface area (Å²) in [6.07, 6.45) is 2.56. The summed E-state index contributed by atoms with van der Waals surface area (Å²) < 4.78 is 30.0. The molecule has 3 aromatic rings. The summed E-state index contributed by atoms with van der Waals surface area (Å²) in [6, 6.07) is 16.3. The Morgan fingerprint density at radius 3 is 2.57 bits per heavy atom. The van der Waals surface area contributed by atoms with Gasteiger partial charge < -0.3 is 14.8 Å². The van der Waals surface area contributed by atoms with Gasteiger partial charge in [0.25, 0.3) is 0 Å². The van der Waals surface area contributed by atoms with Crippen molar-refractivity contribution in [1.29, 1.82) is 0 Å². The third-order valence-corrected chi connectivity index (χ3v) is 7.38. The maximum Gasteiger partial charge on any atom is 0.321 e. The Morgan fingerprint density at radius 2 is 1.80 bits per heavy atom. The van der Waals surface area contributed by atoms with Crippen molar-refractivity contribution in [2.24, 2.45) is 0 Å². The quantitative estimate of drug-likeness (QED) is 0.693. The van der Waals surface area contributed by atoms with Crippen LogP contribution < -0.4 is 5.32 Å². The Kier molecular flexibility index (Phi) is 5.78. The van der Waals surface area contributed by atoms with Crippen molar-refractivity contribution in [3.05, 3.63) is 60.8 Å². The van der Waals surface area contributed by atoms with E-state index in [4.69, 9.17) is 0 Å². The number of aryl methyl sites for hydroxylation is 1. The number of carbonyl (C=O) groups is 1. The summed E-state index contributed by atoms with van der Waals surface area (Å²) >= 11 is 0. The minimum Gasteiger partial charge on any atom is -0.348 e. The number of para-hydroxylation sites is 1. The highest BCUT2D eigenvalue weighted by Crippen LogP contribution is 2.24. The molecule has 2 aromatic carbocycles. The third kappa shape index (κ3) is 4.06. The van der Waals surface area contributed by atoms with Crippen LogP contribution >= 0.6 is 0 Å². The first-order valence-corrected chi connectivity index (χ1v) is 11.6. The fourth-order valence-electron chi connectivity index (χ4n) is 3.82. The molecule has 0 bridgehead atoms. The minimum absolute atomic E-state index is 0.206. The van der Waals surface area contributed by atoms with Gasteiger partial charge in [0.2, 0.25) is 10.0 Å². The zero-order chi connectivity index (χ0) is 21.1. The van der Waals surface area contributed by atoms with Gasteiger partial charge in [0.15, 0.2) is 0 Å². The standard InChI is InChI=1S/C22H26N4O3S/c1-2-24-14-11-18-17-20(9-10-21(18)24)30(28,29)26-13-6-12-25(15-16-26)22(27)23-19-7-4-3-5-8-19/h3-5,7-11,14,17H,2,6,12-13,15-16H2,1H3,(H,23,27). The highest BCUT2D eigenvalue weighted by Gasteiger charge is 2.28. The van der Waals surface area contributed by atoms with Crippen LogP contribution in [0.3, 0.4) is 0 Å². The van der Waals surface area contributed by atoms with Gasteiger partial charge in [-0.25, -0.2) is 13.2 Å². The second-order valence-electron chi connectivity index (χ2n) is 7.36. The lowest BCUT2D eigenvalue weighted by Gasteiger charge is -2.22. The van der Waals surface area contributed by atoms with Crippen molar-refractivity contribution in [1.82, 2.24) is 13.8 Å². The van der Waals surface area contributed by atoms with E-state index in [2.05, 4.69) is 16.8 Å². The summed E-state index contributed by atoms with van der Waals surface area (Å²) in [6.45, 7) is 4.43. The maximum atomic E-state index is 13.2. The Morgan fingerprint density at radius 1 is 1.00 bits per heavy atom. The topological polar surface area (TPSA) is 74.7 Å². The summed E-state index contributed by atoms with van der Waals surface area (Å²) in [5.41, 5.74) is 1.75. The van der Waals surface area contributed by atoms with Crippen molar-refractivity contribution < 1.29 is 13.2 Å². The number of benzene rings is 2. The number of fused-ring (bicyclic) bond motifs is 1. The Bertz CT molecular complexity index is 1140. The van der Waals surface area contributed by atoms with Gasteiger partial charge >= 0.3 is 6.03 Å². The molecule has 0 radical (unpaired) electrons. The molecule has 8 heteroatoms. The first kappa shape index (κ1) is 20.4. The number of sulfonamides is 1. The first-order valence-electron chi connectivity index (χ1n) is 10.2. The molecule has 0 spiro atoms. The van der Waals surface area contributed by atoms with E-state index in [1.807, 2.05) is 48.7 Å². The van der Waals surface area contributed by atoms with Crippen LogP contribution in [0.5, 0.6) is 0 Å². The molecule has 0 atom stereocenters. The van der Waals surface area contributed by atoms with Gasteiger partial charge in [0, 0.05) is 55.5 Å². The largest absolute Gasteiger partial charge is 0.348 e. The van der Waals surface area contributed by atoms with Crippen LogP contribution in [0.4, 0.5) is 10.5 Å². The highest BCUT2D eigenvalue weighted by molar-refractivity contribution is 7.89. The number of amides is 2. The molecule has 4 rings (SSSR count). The van der Waals surface area contributed by atoms with Gasteiger partial charge in [-0.2, -0.15) is 4.31 Å². The molecular weight excluding hydrogens is 400 g/mol. The second kappa shape index (κ2) is 8.49. The Balaban J connectivity index is 1.47. The summed E-state index contributed by atoms with van der Waals surface area (Å²) in [5, 5.41) is 3.78. The molecule has 158 valence electrons. The van der Waals surface area contributed by atoms with Crippen molar-refractivity contribution in [2.45, 2.75) is 24.8 Å². The Labute approximate surface area is 176 Å². The van der Waals surface area contributed by atoms with E-state index in [0.717, 1.165) is 23.1 Å². The maximum absolute atomic E-state index is 13.2. The molecule has 0 aliphatic carbocycles. The average molecular weight is 427 g/mol. The number of hydrogen-bond donors (Lipinski definition) is 1. The minimum atomic E-state index is -3.62.